The fraction of sp³-hybridized carbons (Fsp3) is 0.209. The van der Waals surface area contributed by atoms with Crippen LogP contribution < -0.4 is 78.6 Å². The van der Waals surface area contributed by atoms with E-state index < -0.39 is 0 Å². The standard InChI is InChI=1S/C47H55BN2.C44H33BN2.C38H37BN2/c1-30-26-41-43-42(27-30)50(36-22-16-32(17-23-36)45(5,6)7)40-25-19-34(47(11,12)13)29-38(40)48(43)37-28-33(46(8,9)10)18-24-39(37)49(41)35-20-14-31(15-21-35)44(2,3)4;1-30-16-22-36(23-17-30)46-40-26-18-31(2)28-38(40)45-39-29-35(33-12-7-4-8-13-33)21-27-41(39)47(43-15-9-14-42(46)44(43)45)37-24-19-34(20-25-37)32-10-5-3-6-11-32;1-22-12-14-30(16-24(22)3)40-34-10-9-11-35-38(34)39(32-18-26(5)28(7)20-36(32)40)33-19-27(6)29(8)21-37(33)41(35)31-15-13-23(2)25(4)17-31/h14-29H,1-13H3;3-29H,1-2H3;9-21H,1-8H3. The number of nitrogens with zero attached hydrogens (tertiary/aromatic N) is 6. The fourth-order valence-electron chi connectivity index (χ4n) is 22.2. The number of rotatable bonds is 8. The molecule has 680 valence electrons. The molecule has 0 bridgehead atoms. The molecule has 0 fully saturated rings. The molecule has 0 atom stereocenters. The maximum Gasteiger partial charge on any atom is 0.252 e. The minimum absolute atomic E-state index is 0.0240. The molecular formula is C129H125B3N6. The van der Waals surface area contributed by atoms with Crippen LogP contribution in [0.1, 0.15) is 167 Å². The van der Waals surface area contributed by atoms with Crippen LogP contribution in [0.5, 0.6) is 0 Å². The zero-order valence-electron chi connectivity index (χ0n) is 84.7. The van der Waals surface area contributed by atoms with Crippen LogP contribution in [0.3, 0.4) is 0 Å². The second kappa shape index (κ2) is 34.2. The lowest BCUT2D eigenvalue weighted by Crippen LogP contribution is -2.61. The Morgan fingerprint density at radius 2 is 0.435 bits per heavy atom. The van der Waals surface area contributed by atoms with Crippen LogP contribution in [0.2, 0.25) is 0 Å². The molecular weight excluding hydrogens is 1670 g/mol. The van der Waals surface area contributed by atoms with Gasteiger partial charge in [-0.25, -0.2) is 0 Å². The van der Waals surface area contributed by atoms with Crippen LogP contribution in [0.25, 0.3) is 22.3 Å². The molecule has 9 heteroatoms. The number of fused-ring (bicyclic) bond motifs is 12. The van der Waals surface area contributed by atoms with Gasteiger partial charge in [0.1, 0.15) is 0 Å². The van der Waals surface area contributed by atoms with Crippen molar-refractivity contribution in [1.29, 1.82) is 0 Å². The molecule has 0 aromatic heterocycles. The molecule has 0 radical (unpaired) electrons. The quantitative estimate of drug-likeness (QED) is 0.140. The van der Waals surface area contributed by atoms with Crippen molar-refractivity contribution in [2.45, 2.75) is 181 Å². The lowest BCUT2D eigenvalue weighted by atomic mass is 9.33. The minimum Gasteiger partial charge on any atom is -0.311 e. The summed E-state index contributed by atoms with van der Waals surface area (Å²) < 4.78 is 0. The van der Waals surface area contributed by atoms with Gasteiger partial charge >= 0.3 is 0 Å². The summed E-state index contributed by atoms with van der Waals surface area (Å²) >= 11 is 0. The van der Waals surface area contributed by atoms with Crippen molar-refractivity contribution in [3.05, 3.63) is 423 Å². The summed E-state index contributed by atoms with van der Waals surface area (Å²) in [7, 11) is 0. The molecule has 6 aliphatic rings. The molecule has 23 rings (SSSR count). The summed E-state index contributed by atoms with van der Waals surface area (Å²) in [6.07, 6.45) is 0. The van der Waals surface area contributed by atoms with Gasteiger partial charge < -0.3 is 29.4 Å². The van der Waals surface area contributed by atoms with Gasteiger partial charge in [-0.3, -0.25) is 0 Å². The van der Waals surface area contributed by atoms with Crippen molar-refractivity contribution >= 4 is 172 Å². The van der Waals surface area contributed by atoms with E-state index in [1.165, 1.54) is 252 Å². The van der Waals surface area contributed by atoms with Crippen molar-refractivity contribution < 1.29 is 0 Å². The Morgan fingerprint density at radius 3 is 0.826 bits per heavy atom. The van der Waals surface area contributed by atoms with Gasteiger partial charge in [0, 0.05) is 102 Å². The van der Waals surface area contributed by atoms with Crippen molar-refractivity contribution in [3.8, 4) is 22.3 Å². The average Bonchev–Trinajstić information content (AvgIpc) is 0.699. The first-order chi connectivity index (χ1) is 66.0. The number of aryl methyl sites for hydroxylation is 11. The van der Waals surface area contributed by atoms with Crippen LogP contribution in [0.15, 0.2) is 340 Å². The van der Waals surface area contributed by atoms with E-state index in [9.17, 15) is 0 Å². The van der Waals surface area contributed by atoms with E-state index in [-0.39, 0.29) is 41.8 Å². The molecule has 17 aromatic rings. The fourth-order valence-corrected chi connectivity index (χ4v) is 22.2. The Bertz CT molecular complexity index is 7420. The van der Waals surface area contributed by atoms with E-state index in [0.29, 0.717) is 0 Å². The van der Waals surface area contributed by atoms with Gasteiger partial charge in [-0.05, 0) is 387 Å². The van der Waals surface area contributed by atoms with E-state index in [2.05, 4.69) is 528 Å². The van der Waals surface area contributed by atoms with Crippen molar-refractivity contribution in [3.63, 3.8) is 0 Å². The minimum atomic E-state index is 0.0240. The first-order valence-corrected chi connectivity index (χ1v) is 49.6. The second-order valence-corrected chi connectivity index (χ2v) is 44.1. The predicted molar refractivity (Wildman–Crippen MR) is 599 cm³/mol. The molecule has 0 amide bonds. The highest BCUT2D eigenvalue weighted by Crippen LogP contribution is 2.52. The van der Waals surface area contributed by atoms with Crippen molar-refractivity contribution in [1.82, 2.24) is 0 Å². The molecule has 17 aromatic carbocycles. The smallest absolute Gasteiger partial charge is 0.252 e. The molecule has 6 nitrogen and oxygen atoms in total. The molecule has 0 spiro atoms. The SMILES string of the molecule is Cc1cc2c3c(c1)N(c1ccc(C(C)(C)C)cc1)c1ccc(C(C)(C)C)cc1B3c1cc(C(C)(C)C)ccc1N2c1ccc(C(C)(C)C)cc1.Cc1ccc(N2c3cc(C)c(C)cc3B3c4cc(C)c(C)cc4N(c4ccc(C)c(C)c4)c4cccc2c43)cc1C.Cc1ccc(N2c3ccc(C)cc3B3c4cc(-c5ccccc5)ccc4N(c4ccc(-c5ccccc5)cc4)c4cccc2c43)cc1. The lowest BCUT2D eigenvalue weighted by molar-refractivity contribution is 0.590. The third-order valence-electron chi connectivity index (χ3n) is 30.4. The zero-order valence-corrected chi connectivity index (χ0v) is 84.7. The van der Waals surface area contributed by atoms with Gasteiger partial charge in [0.05, 0.1) is 0 Å². The summed E-state index contributed by atoms with van der Waals surface area (Å²) in [5.74, 6) is 0. The first kappa shape index (κ1) is 90.2. The molecule has 6 aliphatic heterocycles. The zero-order chi connectivity index (χ0) is 96.4. The summed E-state index contributed by atoms with van der Waals surface area (Å²) in [5, 5.41) is 0. The maximum absolute atomic E-state index is 2.54. The summed E-state index contributed by atoms with van der Waals surface area (Å²) in [4.78, 5) is 15.0. The van der Waals surface area contributed by atoms with E-state index in [4.69, 9.17) is 0 Å². The molecule has 0 aliphatic carbocycles. The van der Waals surface area contributed by atoms with Gasteiger partial charge in [0.25, 0.3) is 20.1 Å². The van der Waals surface area contributed by atoms with Crippen LogP contribution in [-0.4, -0.2) is 20.1 Å². The Hall–Kier alpha value is -14.3. The van der Waals surface area contributed by atoms with Gasteiger partial charge in [0.15, 0.2) is 0 Å². The van der Waals surface area contributed by atoms with Gasteiger partial charge in [-0.2, -0.15) is 0 Å². The van der Waals surface area contributed by atoms with E-state index in [1.807, 2.05) is 0 Å². The van der Waals surface area contributed by atoms with E-state index in [0.717, 1.165) is 5.69 Å². The van der Waals surface area contributed by atoms with Crippen LogP contribution in [-0.2, 0) is 21.7 Å². The highest BCUT2D eigenvalue weighted by molar-refractivity contribution is 7.02. The molecule has 0 saturated carbocycles. The number of hydrogen-bond acceptors (Lipinski definition) is 6. The van der Waals surface area contributed by atoms with Gasteiger partial charge in [-0.1, -0.05) is 288 Å². The molecule has 0 N–H and O–H groups in total. The van der Waals surface area contributed by atoms with Crippen LogP contribution >= 0.6 is 0 Å². The molecule has 138 heavy (non-hydrogen) atoms. The average molecular weight is 1790 g/mol. The topological polar surface area (TPSA) is 19.4 Å². The Morgan fingerprint density at radius 1 is 0.159 bits per heavy atom. The number of hydrogen-bond donors (Lipinski definition) is 0. The highest BCUT2D eigenvalue weighted by Gasteiger charge is 2.49. The summed E-state index contributed by atoms with van der Waals surface area (Å²) in [5.41, 5.74) is 59.5. The van der Waals surface area contributed by atoms with Crippen molar-refractivity contribution in [2.75, 3.05) is 29.4 Å². The monoisotopic (exact) mass is 1790 g/mol. The largest absolute Gasteiger partial charge is 0.311 e. The van der Waals surface area contributed by atoms with Gasteiger partial charge in [-0.15, -0.1) is 0 Å². The third kappa shape index (κ3) is 15.7. The molecule has 0 unspecified atom stereocenters. The van der Waals surface area contributed by atoms with Crippen LogP contribution in [0, 0.1) is 76.2 Å². The lowest BCUT2D eigenvalue weighted by Gasteiger charge is -2.45. The third-order valence-corrected chi connectivity index (χ3v) is 30.4. The summed E-state index contributed by atoms with van der Waals surface area (Å²) in [6.45, 7) is 52.5. The Balaban J connectivity index is 0.000000124. The molecule has 0 saturated heterocycles. The molecule has 6 heterocycles. The Labute approximate surface area is 821 Å². The normalized spacial score (nSPS) is 13.5. The maximum atomic E-state index is 2.54. The van der Waals surface area contributed by atoms with E-state index >= 15 is 0 Å². The Kier molecular flexibility index (Phi) is 22.3. The van der Waals surface area contributed by atoms with Crippen molar-refractivity contribution in [2.24, 2.45) is 0 Å². The predicted octanol–water partition coefficient (Wildman–Crippen LogP) is 29.2. The second-order valence-electron chi connectivity index (χ2n) is 44.1. The van der Waals surface area contributed by atoms with E-state index in [1.54, 1.807) is 0 Å². The number of anilines is 18. The van der Waals surface area contributed by atoms with Crippen LogP contribution in [0.4, 0.5) is 102 Å². The number of benzene rings is 17. The first-order valence-electron chi connectivity index (χ1n) is 49.6. The highest BCUT2D eigenvalue weighted by atomic mass is 15.2. The summed E-state index contributed by atoms with van der Waals surface area (Å²) in [6, 6.07) is 129. The van der Waals surface area contributed by atoms with Gasteiger partial charge in [0.2, 0.25) is 0 Å².